The summed E-state index contributed by atoms with van der Waals surface area (Å²) >= 11 is 19.0. The molecule has 3 aromatic carbocycles. The van der Waals surface area contributed by atoms with Gasteiger partial charge in [-0.25, -0.2) is 0 Å². The maximum Gasteiger partial charge on any atom is 0.266 e. The second-order valence-corrected chi connectivity index (χ2v) is 9.71. The molecular formula is C25H19Cl2NO3S2. The zero-order valence-corrected chi connectivity index (χ0v) is 20.7. The van der Waals surface area contributed by atoms with Gasteiger partial charge < -0.3 is 9.47 Å². The van der Waals surface area contributed by atoms with E-state index in [9.17, 15) is 4.79 Å². The number of ether oxygens (including phenoxy) is 2. The van der Waals surface area contributed by atoms with Gasteiger partial charge in [0.2, 0.25) is 0 Å². The molecule has 0 N–H and O–H groups in total. The van der Waals surface area contributed by atoms with Crippen molar-refractivity contribution in [2.75, 3.05) is 7.11 Å². The summed E-state index contributed by atoms with van der Waals surface area (Å²) in [5.74, 6) is 1.01. The van der Waals surface area contributed by atoms with Crippen molar-refractivity contribution < 1.29 is 14.3 Å². The van der Waals surface area contributed by atoms with Crippen LogP contribution in [0.4, 0.5) is 0 Å². The van der Waals surface area contributed by atoms with Gasteiger partial charge in [0.15, 0.2) is 11.5 Å². The molecule has 0 bridgehead atoms. The number of carbonyl (C=O) groups excluding carboxylic acids is 1. The summed E-state index contributed by atoms with van der Waals surface area (Å²) in [5, 5.41) is 1.09. The first-order valence-electron chi connectivity index (χ1n) is 9.98. The van der Waals surface area contributed by atoms with Crippen LogP contribution in [0.2, 0.25) is 10.0 Å². The third-order valence-electron chi connectivity index (χ3n) is 4.94. The van der Waals surface area contributed by atoms with Crippen LogP contribution in [0.3, 0.4) is 0 Å². The van der Waals surface area contributed by atoms with E-state index in [0.717, 1.165) is 16.7 Å². The number of thioether (sulfide) groups is 1. The van der Waals surface area contributed by atoms with Crippen LogP contribution < -0.4 is 9.47 Å². The molecule has 4 nitrogen and oxygen atoms in total. The Bertz CT molecular complexity index is 1230. The summed E-state index contributed by atoms with van der Waals surface area (Å²) in [4.78, 5) is 15.2. The van der Waals surface area contributed by atoms with E-state index in [1.165, 1.54) is 11.8 Å². The maximum atomic E-state index is 13.0. The summed E-state index contributed by atoms with van der Waals surface area (Å²) in [6, 6.07) is 20.5. The van der Waals surface area contributed by atoms with Gasteiger partial charge in [-0.05, 0) is 41.5 Å². The van der Waals surface area contributed by atoms with Crippen LogP contribution in [-0.4, -0.2) is 22.2 Å². The van der Waals surface area contributed by atoms with Gasteiger partial charge in [0, 0.05) is 15.6 Å². The molecule has 1 aliphatic rings. The number of halogens is 2. The average molecular weight is 516 g/mol. The van der Waals surface area contributed by atoms with Crippen LogP contribution in [0, 0.1) is 0 Å². The molecule has 1 amide bonds. The Labute approximate surface area is 212 Å². The first-order chi connectivity index (χ1) is 15.9. The first-order valence-corrected chi connectivity index (χ1v) is 12.0. The van der Waals surface area contributed by atoms with E-state index in [1.807, 2.05) is 54.6 Å². The normalized spacial score (nSPS) is 14.8. The predicted octanol–water partition coefficient (Wildman–Crippen LogP) is 6.98. The highest BCUT2D eigenvalue weighted by Gasteiger charge is 2.32. The number of carbonyl (C=O) groups is 1. The fraction of sp³-hybridized carbons (Fsp3) is 0.120. The van der Waals surface area contributed by atoms with Crippen molar-refractivity contribution in [2.24, 2.45) is 0 Å². The van der Waals surface area contributed by atoms with Gasteiger partial charge in [-0.2, -0.15) is 0 Å². The minimum absolute atomic E-state index is 0.111. The number of nitrogens with zero attached hydrogens (tertiary/aromatic N) is 1. The molecule has 8 heteroatoms. The molecule has 1 heterocycles. The molecule has 3 aromatic rings. The Morgan fingerprint density at radius 3 is 2.55 bits per heavy atom. The zero-order valence-electron chi connectivity index (χ0n) is 17.6. The molecule has 168 valence electrons. The van der Waals surface area contributed by atoms with Crippen molar-refractivity contribution in [2.45, 2.75) is 13.2 Å². The topological polar surface area (TPSA) is 38.8 Å². The number of rotatable bonds is 7. The Morgan fingerprint density at radius 2 is 1.82 bits per heavy atom. The lowest BCUT2D eigenvalue weighted by molar-refractivity contribution is -0.122. The lowest BCUT2D eigenvalue weighted by Crippen LogP contribution is -2.27. The van der Waals surface area contributed by atoms with Crippen molar-refractivity contribution in [3.63, 3.8) is 0 Å². The van der Waals surface area contributed by atoms with E-state index in [2.05, 4.69) is 0 Å². The average Bonchev–Trinajstić information content (AvgIpc) is 3.06. The monoisotopic (exact) mass is 515 g/mol. The van der Waals surface area contributed by atoms with Crippen LogP contribution in [0.15, 0.2) is 71.6 Å². The smallest absolute Gasteiger partial charge is 0.266 e. The zero-order chi connectivity index (χ0) is 23.4. The third-order valence-corrected chi connectivity index (χ3v) is 6.91. The number of amides is 1. The van der Waals surface area contributed by atoms with Crippen molar-refractivity contribution >= 4 is 63.5 Å². The van der Waals surface area contributed by atoms with E-state index in [-0.39, 0.29) is 12.5 Å². The van der Waals surface area contributed by atoms with Crippen LogP contribution in [0.1, 0.15) is 16.7 Å². The maximum absolute atomic E-state index is 13.0. The number of thiocarbonyl (C=S) groups is 1. The van der Waals surface area contributed by atoms with Crippen LogP contribution in [-0.2, 0) is 17.9 Å². The van der Waals surface area contributed by atoms with Gasteiger partial charge in [-0.1, -0.05) is 89.6 Å². The first kappa shape index (κ1) is 23.6. The van der Waals surface area contributed by atoms with Crippen LogP contribution in [0.25, 0.3) is 6.08 Å². The predicted molar refractivity (Wildman–Crippen MR) is 139 cm³/mol. The molecule has 0 saturated carbocycles. The SMILES string of the molecule is COc1ccc(/C=C2\SC(=S)N(Cc3ccccc3)C2=O)cc1OCc1ccc(Cl)cc1Cl. The Morgan fingerprint density at radius 1 is 1.03 bits per heavy atom. The fourth-order valence-electron chi connectivity index (χ4n) is 3.24. The van der Waals surface area contributed by atoms with Gasteiger partial charge in [0.25, 0.3) is 5.91 Å². The van der Waals surface area contributed by atoms with E-state index >= 15 is 0 Å². The Balaban J connectivity index is 1.53. The van der Waals surface area contributed by atoms with Gasteiger partial charge in [-0.15, -0.1) is 0 Å². The number of methoxy groups -OCH3 is 1. The highest BCUT2D eigenvalue weighted by Crippen LogP contribution is 2.36. The standard InChI is InChI=1S/C25H19Cl2NO3S2/c1-30-21-10-7-17(11-22(21)31-15-18-8-9-19(26)13-20(18)27)12-23-24(29)28(25(32)33-23)14-16-5-3-2-4-6-16/h2-13H,14-15H2,1H3/b23-12-. The number of benzene rings is 3. The molecule has 0 unspecified atom stereocenters. The lowest BCUT2D eigenvalue weighted by atomic mass is 10.1. The Kier molecular flexibility index (Phi) is 7.60. The van der Waals surface area contributed by atoms with E-state index in [4.69, 9.17) is 44.9 Å². The fourth-order valence-corrected chi connectivity index (χ4v) is 4.96. The van der Waals surface area contributed by atoms with E-state index in [0.29, 0.717) is 37.3 Å². The number of hydrogen-bond acceptors (Lipinski definition) is 5. The molecule has 4 rings (SSSR count). The Hall–Kier alpha value is -2.51. The summed E-state index contributed by atoms with van der Waals surface area (Å²) in [6.07, 6.45) is 1.81. The van der Waals surface area contributed by atoms with Crippen molar-refractivity contribution in [1.29, 1.82) is 0 Å². The highest BCUT2D eigenvalue weighted by atomic mass is 35.5. The molecule has 0 radical (unpaired) electrons. The minimum Gasteiger partial charge on any atom is -0.493 e. The van der Waals surface area contributed by atoms with Crippen LogP contribution in [0.5, 0.6) is 11.5 Å². The molecule has 33 heavy (non-hydrogen) atoms. The van der Waals surface area contributed by atoms with Crippen molar-refractivity contribution in [3.05, 3.63) is 98.4 Å². The second kappa shape index (κ2) is 10.6. The molecule has 1 saturated heterocycles. The van der Waals surface area contributed by atoms with Gasteiger partial charge in [-0.3, -0.25) is 9.69 Å². The van der Waals surface area contributed by atoms with E-state index in [1.54, 1.807) is 30.2 Å². The van der Waals surface area contributed by atoms with Crippen molar-refractivity contribution in [3.8, 4) is 11.5 Å². The third kappa shape index (κ3) is 5.71. The van der Waals surface area contributed by atoms with Gasteiger partial charge in [0.1, 0.15) is 10.9 Å². The molecule has 1 aliphatic heterocycles. The molecular weight excluding hydrogens is 497 g/mol. The molecule has 0 spiro atoms. The largest absolute Gasteiger partial charge is 0.493 e. The number of hydrogen-bond donors (Lipinski definition) is 0. The highest BCUT2D eigenvalue weighted by molar-refractivity contribution is 8.26. The van der Waals surface area contributed by atoms with Crippen molar-refractivity contribution in [1.82, 2.24) is 4.90 Å². The summed E-state index contributed by atoms with van der Waals surface area (Å²) in [7, 11) is 1.58. The molecule has 0 aromatic heterocycles. The van der Waals surface area contributed by atoms with Gasteiger partial charge >= 0.3 is 0 Å². The summed E-state index contributed by atoms with van der Waals surface area (Å²) < 4.78 is 11.9. The molecule has 0 aliphatic carbocycles. The van der Waals surface area contributed by atoms with E-state index < -0.39 is 0 Å². The van der Waals surface area contributed by atoms with Gasteiger partial charge in [0.05, 0.1) is 18.6 Å². The summed E-state index contributed by atoms with van der Waals surface area (Å²) in [5.41, 5.74) is 2.62. The minimum atomic E-state index is -0.111. The lowest BCUT2D eigenvalue weighted by Gasteiger charge is -2.14. The summed E-state index contributed by atoms with van der Waals surface area (Å²) in [6.45, 7) is 0.691. The molecule has 1 fully saturated rings. The quantitative estimate of drug-likeness (QED) is 0.250. The second-order valence-electron chi connectivity index (χ2n) is 7.19. The van der Waals surface area contributed by atoms with Crippen LogP contribution >= 0.6 is 47.2 Å². The molecule has 0 atom stereocenters.